The van der Waals surface area contributed by atoms with Crippen LogP contribution in [0.2, 0.25) is 5.02 Å². The first-order valence-corrected chi connectivity index (χ1v) is 20.8. The number of rotatable bonds is 18. The van der Waals surface area contributed by atoms with Gasteiger partial charge in [-0.05, 0) is 110 Å². The third-order valence-electron chi connectivity index (χ3n) is 11.1. The van der Waals surface area contributed by atoms with E-state index < -0.39 is 23.8 Å². The van der Waals surface area contributed by atoms with E-state index >= 15 is 0 Å². The molecule has 11 nitrogen and oxygen atoms in total. The number of ketones is 1. The second kappa shape index (κ2) is 20.5. The molecule has 314 valence electrons. The Morgan fingerprint density at radius 2 is 1.66 bits per heavy atom. The monoisotopic (exact) mass is 822 g/mol. The van der Waals surface area contributed by atoms with Crippen molar-refractivity contribution < 1.29 is 24.2 Å². The Hall–Kier alpha value is -5.44. The van der Waals surface area contributed by atoms with Crippen LogP contribution in [0.3, 0.4) is 0 Å². The number of nitriles is 1. The summed E-state index contributed by atoms with van der Waals surface area (Å²) in [6.45, 7) is 20.3. The standard InChI is InChI=1S/C47H59ClN6O5/c1-10-14-15-43(59-42-21-16-32(46(6,7)11-2)26-35(42)47(8,9)12-3)44(57)52-39-28-41(56)40(53-45(58)50-33-17-19-36(48)31(25-33)29-49)27-38(39)51-37-20-18-34(24-30(37)5)54(13-4)22-23-55/h16-21,24-28,43,55H,10-15,22-23H2,1-9H3,(H,52,57)(H2,50,53,58). The molecule has 1 unspecified atom stereocenters. The fourth-order valence-electron chi connectivity index (χ4n) is 6.49. The quantitative estimate of drug-likeness (QED) is 0.0931. The number of urea groups is 1. The van der Waals surface area contributed by atoms with Gasteiger partial charge in [-0.15, -0.1) is 0 Å². The molecular weight excluding hydrogens is 764 g/mol. The van der Waals surface area contributed by atoms with E-state index in [-0.39, 0.29) is 45.1 Å². The molecule has 4 rings (SSSR count). The number of hydrogen-bond donors (Lipinski definition) is 4. The van der Waals surface area contributed by atoms with Crippen LogP contribution in [-0.2, 0) is 20.4 Å². The van der Waals surface area contributed by atoms with Crippen LogP contribution in [0.15, 0.2) is 83.1 Å². The summed E-state index contributed by atoms with van der Waals surface area (Å²) >= 11 is 6.06. The van der Waals surface area contributed by atoms with Crippen LogP contribution in [0, 0.1) is 18.3 Å². The van der Waals surface area contributed by atoms with Crippen molar-refractivity contribution in [1.82, 2.24) is 10.6 Å². The van der Waals surface area contributed by atoms with Crippen LogP contribution in [0.25, 0.3) is 0 Å². The molecule has 0 saturated heterocycles. The maximum atomic E-state index is 14.3. The molecule has 59 heavy (non-hydrogen) atoms. The molecule has 12 heteroatoms. The number of aryl methyl sites for hydroxylation is 1. The van der Waals surface area contributed by atoms with Gasteiger partial charge in [0.25, 0.3) is 5.91 Å². The van der Waals surface area contributed by atoms with Gasteiger partial charge in [0.1, 0.15) is 11.8 Å². The largest absolute Gasteiger partial charge is 0.480 e. The topological polar surface area (TPSA) is 156 Å². The van der Waals surface area contributed by atoms with E-state index in [0.29, 0.717) is 36.6 Å². The number of aliphatic imine (C=N–C) groups is 1. The molecule has 0 heterocycles. The normalized spacial score (nSPS) is 14.2. The van der Waals surface area contributed by atoms with Crippen molar-refractivity contribution in [3.05, 3.63) is 105 Å². The molecule has 1 aliphatic rings. The zero-order valence-electron chi connectivity index (χ0n) is 35.9. The number of anilines is 2. The van der Waals surface area contributed by atoms with Gasteiger partial charge < -0.3 is 30.7 Å². The van der Waals surface area contributed by atoms with Crippen molar-refractivity contribution in [3.8, 4) is 11.8 Å². The van der Waals surface area contributed by atoms with Gasteiger partial charge in [0.15, 0.2) is 6.10 Å². The maximum absolute atomic E-state index is 14.3. The van der Waals surface area contributed by atoms with Crippen LogP contribution in [0.5, 0.6) is 5.75 Å². The first-order chi connectivity index (χ1) is 28.0. The first-order valence-electron chi connectivity index (χ1n) is 20.4. The number of hydrogen-bond acceptors (Lipinski definition) is 8. The van der Waals surface area contributed by atoms with Gasteiger partial charge >= 0.3 is 6.03 Å². The summed E-state index contributed by atoms with van der Waals surface area (Å²) in [7, 11) is 0. The molecule has 3 aromatic rings. The van der Waals surface area contributed by atoms with Gasteiger partial charge in [0, 0.05) is 36.1 Å². The second-order valence-electron chi connectivity index (χ2n) is 16.1. The summed E-state index contributed by atoms with van der Waals surface area (Å²) in [6, 6.07) is 17.7. The average Bonchev–Trinajstić information content (AvgIpc) is 3.21. The Labute approximate surface area is 354 Å². The smallest absolute Gasteiger partial charge is 0.323 e. The minimum Gasteiger partial charge on any atom is -0.480 e. The molecule has 0 fully saturated rings. The molecule has 0 aliphatic heterocycles. The Bertz CT molecular complexity index is 2170. The van der Waals surface area contributed by atoms with Gasteiger partial charge in [0.05, 0.1) is 40.0 Å². The summed E-state index contributed by atoms with van der Waals surface area (Å²) in [5.74, 6) is -0.356. The molecule has 0 bridgehead atoms. The Morgan fingerprint density at radius 3 is 2.29 bits per heavy atom. The third kappa shape index (κ3) is 11.8. The molecule has 4 N–H and O–H groups in total. The van der Waals surface area contributed by atoms with Crippen LogP contribution < -0.4 is 25.6 Å². The number of carbonyl (C=O) groups is 3. The van der Waals surface area contributed by atoms with E-state index in [2.05, 4.69) is 76.5 Å². The predicted octanol–water partition coefficient (Wildman–Crippen LogP) is 9.71. The van der Waals surface area contributed by atoms with Crippen LogP contribution in [0.1, 0.15) is 110 Å². The lowest BCUT2D eigenvalue weighted by Crippen LogP contribution is -2.41. The number of benzene rings is 3. The molecule has 3 amide bonds. The molecular formula is C47H59ClN6O5. The Kier molecular flexibility index (Phi) is 16.1. The number of nitrogens with one attached hydrogen (secondary N) is 3. The highest BCUT2D eigenvalue weighted by Crippen LogP contribution is 2.39. The minimum absolute atomic E-state index is 0.00740. The van der Waals surface area contributed by atoms with Gasteiger partial charge in [-0.2, -0.15) is 5.26 Å². The number of carbonyl (C=O) groups excluding carboxylic acids is 3. The lowest BCUT2D eigenvalue weighted by Gasteiger charge is -2.31. The molecule has 3 aromatic carbocycles. The van der Waals surface area contributed by atoms with E-state index in [4.69, 9.17) is 21.3 Å². The Balaban J connectivity index is 1.73. The van der Waals surface area contributed by atoms with Gasteiger partial charge in [-0.25, -0.2) is 9.79 Å². The summed E-state index contributed by atoms with van der Waals surface area (Å²) in [4.78, 5) is 48.1. The molecule has 0 saturated carbocycles. The number of aliphatic hydroxyl groups excluding tert-OH is 1. The summed E-state index contributed by atoms with van der Waals surface area (Å²) in [5, 5.41) is 27.4. The fraction of sp³-hybridized carbons (Fsp3) is 0.426. The number of amides is 3. The second-order valence-corrected chi connectivity index (χ2v) is 16.5. The van der Waals surface area contributed by atoms with Crippen molar-refractivity contribution in [1.29, 1.82) is 5.26 Å². The van der Waals surface area contributed by atoms with Crippen molar-refractivity contribution in [2.24, 2.45) is 4.99 Å². The number of allylic oxidation sites excluding steroid dienone is 2. The molecule has 0 aromatic heterocycles. The molecule has 0 radical (unpaired) electrons. The molecule has 1 aliphatic carbocycles. The van der Waals surface area contributed by atoms with Crippen molar-refractivity contribution in [2.75, 3.05) is 29.9 Å². The summed E-state index contributed by atoms with van der Waals surface area (Å²) < 4.78 is 6.66. The van der Waals surface area contributed by atoms with Crippen LogP contribution in [-0.4, -0.2) is 54.3 Å². The zero-order valence-corrected chi connectivity index (χ0v) is 36.6. The lowest BCUT2D eigenvalue weighted by molar-refractivity contribution is -0.127. The van der Waals surface area contributed by atoms with E-state index in [1.54, 1.807) is 0 Å². The number of ether oxygens (including phenoxy) is 1. The fourth-order valence-corrected chi connectivity index (χ4v) is 6.65. The van der Waals surface area contributed by atoms with Crippen LogP contribution in [0.4, 0.5) is 21.9 Å². The number of halogens is 1. The van der Waals surface area contributed by atoms with Crippen LogP contribution >= 0.6 is 11.6 Å². The van der Waals surface area contributed by atoms with Gasteiger partial charge in [-0.3, -0.25) is 9.59 Å². The number of likely N-dealkylation sites (N-methyl/N-ethyl adjacent to an activating group) is 1. The number of unbranched alkanes of at least 4 members (excludes halogenated alkanes) is 1. The number of nitrogens with zero attached hydrogens (tertiary/aromatic N) is 3. The molecule has 0 spiro atoms. The highest BCUT2D eigenvalue weighted by Gasteiger charge is 2.31. The SMILES string of the molecule is CCCCC(Oc1ccc(C(C)(C)CC)cc1C(C)(C)CC)C(=O)NC1=CC(=O)C(NC(=O)Nc2ccc(Cl)c(C#N)c2)=CC1=Nc1ccc(N(CC)CCO)cc1C. The molecule has 1 atom stereocenters. The van der Waals surface area contributed by atoms with Gasteiger partial charge in [0.2, 0.25) is 5.78 Å². The summed E-state index contributed by atoms with van der Waals surface area (Å²) in [5.41, 5.74) is 5.05. The highest BCUT2D eigenvalue weighted by atomic mass is 35.5. The van der Waals surface area contributed by atoms with Crippen molar-refractivity contribution in [2.45, 2.75) is 111 Å². The van der Waals surface area contributed by atoms with E-state index in [1.165, 1.54) is 35.9 Å². The van der Waals surface area contributed by atoms with Crippen molar-refractivity contribution >= 4 is 52.1 Å². The lowest BCUT2D eigenvalue weighted by atomic mass is 9.76. The highest BCUT2D eigenvalue weighted by molar-refractivity contribution is 6.31. The van der Waals surface area contributed by atoms with E-state index in [1.807, 2.05) is 49.1 Å². The van der Waals surface area contributed by atoms with Gasteiger partial charge in [-0.1, -0.05) is 78.6 Å². The number of aliphatic hydroxyl groups is 1. The summed E-state index contributed by atoms with van der Waals surface area (Å²) in [6.07, 6.45) is 5.62. The zero-order chi connectivity index (χ0) is 43.5. The van der Waals surface area contributed by atoms with E-state index in [0.717, 1.165) is 42.5 Å². The Morgan fingerprint density at radius 1 is 0.932 bits per heavy atom. The third-order valence-corrected chi connectivity index (χ3v) is 11.5. The first kappa shape index (κ1) is 46.3. The van der Waals surface area contributed by atoms with Crippen molar-refractivity contribution in [3.63, 3.8) is 0 Å². The minimum atomic E-state index is -0.886. The average molecular weight is 823 g/mol. The van der Waals surface area contributed by atoms with E-state index in [9.17, 15) is 24.8 Å². The maximum Gasteiger partial charge on any atom is 0.323 e. The predicted molar refractivity (Wildman–Crippen MR) is 238 cm³/mol.